The maximum Gasteiger partial charge on any atom is 0.139 e. The zero-order valence-corrected chi connectivity index (χ0v) is 7.00. The van der Waals surface area contributed by atoms with Gasteiger partial charge >= 0.3 is 0 Å². The van der Waals surface area contributed by atoms with Gasteiger partial charge in [0.15, 0.2) is 0 Å². The average Bonchev–Trinajstić information content (AvgIpc) is 2.08. The Morgan fingerprint density at radius 2 is 2.25 bits per heavy atom. The highest BCUT2D eigenvalue weighted by molar-refractivity contribution is 5.81. The topological polar surface area (TPSA) is 41.1 Å². The predicted molar refractivity (Wildman–Crippen MR) is 44.7 cm³/mol. The van der Waals surface area contributed by atoms with Crippen molar-refractivity contribution in [3.05, 3.63) is 29.6 Å². The minimum absolute atomic E-state index is 0.222. The molecule has 12 heavy (non-hydrogen) atoms. The summed E-state index contributed by atoms with van der Waals surface area (Å²) in [4.78, 5) is 3.85. The van der Waals surface area contributed by atoms with Crippen molar-refractivity contribution < 1.29 is 4.39 Å². The number of nitrogens with one attached hydrogen (secondary N) is 1. The van der Waals surface area contributed by atoms with Crippen LogP contribution in [0, 0.1) is 11.2 Å². The number of rotatable bonds is 0. The number of nitrogens with zero attached hydrogens (tertiary/aromatic N) is 2. The zero-order valence-electron chi connectivity index (χ0n) is 7.00. The van der Waals surface area contributed by atoms with E-state index in [-0.39, 0.29) is 11.3 Å². The number of aliphatic imine (C=N–C) groups is 1. The van der Waals surface area contributed by atoms with Gasteiger partial charge in [0.2, 0.25) is 0 Å². The fourth-order valence-electron chi connectivity index (χ4n) is 0.850. The molecule has 0 unspecified atom stereocenters. The predicted octanol–water partition coefficient (Wildman–Crippen LogP) is 1.00. The third kappa shape index (κ3) is 1.58. The monoisotopic (exact) mass is 167 g/mol. The number of hydrogen-bond donors (Lipinski definition) is 1. The second-order valence-corrected chi connectivity index (χ2v) is 2.37. The molecule has 0 aromatic carbocycles. The van der Waals surface area contributed by atoms with Crippen molar-refractivity contribution in [3.63, 3.8) is 0 Å². The summed E-state index contributed by atoms with van der Waals surface area (Å²) < 4.78 is 14.1. The van der Waals surface area contributed by atoms with Crippen LogP contribution in [0.25, 0.3) is 0 Å². The molecule has 0 amide bonds. The van der Waals surface area contributed by atoms with Crippen molar-refractivity contribution >= 4 is 5.84 Å². The third-order valence-corrected chi connectivity index (χ3v) is 1.58. The molecule has 0 saturated carbocycles. The van der Waals surface area contributed by atoms with E-state index in [9.17, 15) is 4.39 Å². The summed E-state index contributed by atoms with van der Waals surface area (Å²) in [6, 6.07) is 2.64. The van der Waals surface area contributed by atoms with Crippen LogP contribution in [0.2, 0.25) is 0 Å². The van der Waals surface area contributed by atoms with Gasteiger partial charge in [-0.1, -0.05) is 0 Å². The first kappa shape index (κ1) is 8.64. The van der Waals surface area contributed by atoms with E-state index in [2.05, 4.69) is 4.99 Å². The van der Waals surface area contributed by atoms with Gasteiger partial charge in [0.25, 0.3) is 0 Å². The van der Waals surface area contributed by atoms with E-state index in [4.69, 9.17) is 5.41 Å². The van der Waals surface area contributed by atoms with E-state index < -0.39 is 0 Å². The largest absolute Gasteiger partial charge is 0.288 e. The smallest absolute Gasteiger partial charge is 0.139 e. The quantitative estimate of drug-likeness (QED) is 0.442. The van der Waals surface area contributed by atoms with Gasteiger partial charge in [0.05, 0.1) is 0 Å². The van der Waals surface area contributed by atoms with Gasteiger partial charge in [-0.25, -0.2) is 4.39 Å². The molecule has 0 aliphatic heterocycles. The third-order valence-electron chi connectivity index (χ3n) is 1.58. The Bertz CT molecular complexity index is 365. The van der Waals surface area contributed by atoms with E-state index >= 15 is 0 Å². The Hall–Kier alpha value is -1.45. The lowest BCUT2D eigenvalue weighted by molar-refractivity contribution is 0.613. The molecule has 0 aliphatic carbocycles. The maximum atomic E-state index is 12.7. The normalized spacial score (nSPS) is 11.8. The second-order valence-electron chi connectivity index (χ2n) is 2.37. The summed E-state index contributed by atoms with van der Waals surface area (Å²) in [6.45, 7) is 1.72. The van der Waals surface area contributed by atoms with Crippen molar-refractivity contribution in [3.8, 4) is 0 Å². The summed E-state index contributed by atoms with van der Waals surface area (Å²) in [6.07, 6.45) is 1.24. The summed E-state index contributed by atoms with van der Waals surface area (Å²) in [5, 5.41) is 7.42. The van der Waals surface area contributed by atoms with Crippen molar-refractivity contribution in [1.29, 1.82) is 5.41 Å². The Labute approximate surface area is 69.7 Å². The van der Waals surface area contributed by atoms with E-state index in [1.165, 1.54) is 22.9 Å². The first-order valence-corrected chi connectivity index (χ1v) is 3.51. The summed E-state index contributed by atoms with van der Waals surface area (Å²) >= 11 is 0. The lowest BCUT2D eigenvalue weighted by Crippen LogP contribution is -2.24. The molecule has 0 radical (unpaired) electrons. The Morgan fingerprint density at radius 1 is 1.58 bits per heavy atom. The highest BCUT2D eigenvalue weighted by atomic mass is 19.1. The van der Waals surface area contributed by atoms with Crippen LogP contribution in [0.1, 0.15) is 6.92 Å². The van der Waals surface area contributed by atoms with Crippen molar-refractivity contribution in [2.75, 3.05) is 7.05 Å². The van der Waals surface area contributed by atoms with Gasteiger partial charge in [-0.2, -0.15) is 0 Å². The number of hydrogen-bond acceptors (Lipinski definition) is 2. The van der Waals surface area contributed by atoms with Crippen LogP contribution >= 0.6 is 0 Å². The molecule has 0 atom stereocenters. The van der Waals surface area contributed by atoms with Crippen molar-refractivity contribution in [2.24, 2.45) is 4.99 Å². The Balaban J connectivity index is 3.33. The van der Waals surface area contributed by atoms with E-state index in [1.54, 1.807) is 14.0 Å². The summed E-state index contributed by atoms with van der Waals surface area (Å²) in [5.74, 6) is 0.230. The summed E-state index contributed by atoms with van der Waals surface area (Å²) in [5.41, 5.74) is 0.222. The lowest BCUT2D eigenvalue weighted by Gasteiger charge is -2.04. The first-order chi connectivity index (χ1) is 5.65. The van der Waals surface area contributed by atoms with Gasteiger partial charge in [-0.05, 0) is 19.1 Å². The molecule has 0 fully saturated rings. The standard InChI is InChI=1S/C8H10FN3/c1-6(11-2)12-5-7(9)3-4-8(12)10/h3-5,10H,1-2H3/b10-8?,11-6-. The van der Waals surface area contributed by atoms with Crippen molar-refractivity contribution in [2.45, 2.75) is 6.92 Å². The molecule has 4 heteroatoms. The van der Waals surface area contributed by atoms with Gasteiger partial charge in [0.1, 0.15) is 17.1 Å². The number of halogens is 1. The van der Waals surface area contributed by atoms with Crippen LogP contribution in [0.15, 0.2) is 23.3 Å². The molecule has 1 heterocycles. The number of pyridine rings is 1. The minimum Gasteiger partial charge on any atom is -0.288 e. The van der Waals surface area contributed by atoms with Gasteiger partial charge in [0, 0.05) is 13.2 Å². The molecule has 1 rings (SSSR count). The van der Waals surface area contributed by atoms with Crippen LogP contribution in [0.3, 0.4) is 0 Å². The zero-order chi connectivity index (χ0) is 9.14. The van der Waals surface area contributed by atoms with E-state index in [1.807, 2.05) is 0 Å². The molecule has 0 bridgehead atoms. The minimum atomic E-state index is -0.367. The Kier molecular flexibility index (Phi) is 2.38. The molecule has 1 aromatic rings. The van der Waals surface area contributed by atoms with Crippen LogP contribution in [0.4, 0.5) is 4.39 Å². The van der Waals surface area contributed by atoms with Crippen LogP contribution < -0.4 is 5.49 Å². The SMILES string of the molecule is C/N=C(/C)n1cc(F)ccc1=N. The molecule has 3 nitrogen and oxygen atoms in total. The van der Waals surface area contributed by atoms with Crippen LogP contribution in [0.5, 0.6) is 0 Å². The number of aromatic nitrogens is 1. The fraction of sp³-hybridized carbons (Fsp3) is 0.250. The first-order valence-electron chi connectivity index (χ1n) is 3.51. The molecule has 1 aromatic heterocycles. The van der Waals surface area contributed by atoms with Gasteiger partial charge < -0.3 is 0 Å². The van der Waals surface area contributed by atoms with Gasteiger partial charge in [-0.15, -0.1) is 0 Å². The van der Waals surface area contributed by atoms with Crippen LogP contribution in [-0.4, -0.2) is 17.5 Å². The molecule has 0 saturated heterocycles. The fourth-order valence-corrected chi connectivity index (χ4v) is 0.850. The highest BCUT2D eigenvalue weighted by Crippen LogP contribution is 1.91. The van der Waals surface area contributed by atoms with E-state index in [0.717, 1.165) is 0 Å². The molecule has 0 spiro atoms. The highest BCUT2D eigenvalue weighted by Gasteiger charge is 1.96. The van der Waals surface area contributed by atoms with E-state index in [0.29, 0.717) is 5.84 Å². The molecule has 0 aliphatic rings. The lowest BCUT2D eigenvalue weighted by atomic mass is 10.4. The average molecular weight is 167 g/mol. The molecular formula is C8H10FN3. The Morgan fingerprint density at radius 3 is 2.83 bits per heavy atom. The van der Waals surface area contributed by atoms with Gasteiger partial charge in [-0.3, -0.25) is 15.0 Å². The molecular weight excluding hydrogens is 157 g/mol. The second kappa shape index (κ2) is 3.30. The molecule has 64 valence electrons. The summed E-state index contributed by atoms with van der Waals surface area (Å²) in [7, 11) is 1.60. The molecule has 1 N–H and O–H groups in total. The maximum absolute atomic E-state index is 12.7. The van der Waals surface area contributed by atoms with Crippen molar-refractivity contribution in [1.82, 2.24) is 4.57 Å². The van der Waals surface area contributed by atoms with Crippen LogP contribution in [-0.2, 0) is 0 Å².